The third-order valence-corrected chi connectivity index (χ3v) is 6.22. The van der Waals surface area contributed by atoms with Crippen molar-refractivity contribution in [3.05, 3.63) is 40.9 Å². The molecule has 1 aromatic heterocycles. The van der Waals surface area contributed by atoms with Crippen LogP contribution in [0.4, 0.5) is 4.79 Å². The maximum Gasteiger partial charge on any atom is 0.293 e. The fraction of sp³-hybridized carbons (Fsp3) is 0.381. The maximum absolute atomic E-state index is 12.7. The molecule has 2 aliphatic rings. The van der Waals surface area contributed by atoms with Gasteiger partial charge in [-0.3, -0.25) is 19.3 Å². The fourth-order valence-electron chi connectivity index (χ4n) is 3.82. The largest absolute Gasteiger partial charge is 0.341 e. The molecule has 6 nitrogen and oxygen atoms in total. The quantitative estimate of drug-likeness (QED) is 0.738. The Balaban J connectivity index is 1.65. The molecule has 0 radical (unpaired) electrons. The summed E-state index contributed by atoms with van der Waals surface area (Å²) in [5.41, 5.74) is 1.80. The van der Waals surface area contributed by atoms with Crippen molar-refractivity contribution in [2.75, 3.05) is 19.6 Å². The Bertz CT molecular complexity index is 972. The molecule has 3 heterocycles. The lowest BCUT2D eigenvalue weighted by Crippen LogP contribution is -2.37. The smallest absolute Gasteiger partial charge is 0.293 e. The second kappa shape index (κ2) is 7.83. The number of piperidine rings is 1. The van der Waals surface area contributed by atoms with Gasteiger partial charge in [0.2, 0.25) is 5.91 Å². The molecule has 2 aromatic rings. The number of rotatable bonds is 4. The molecule has 2 aliphatic heterocycles. The second-order valence-electron chi connectivity index (χ2n) is 7.10. The van der Waals surface area contributed by atoms with E-state index in [1.165, 1.54) is 11.3 Å². The number of likely N-dealkylation sites (tertiary alicyclic amines) is 1. The van der Waals surface area contributed by atoms with Crippen molar-refractivity contribution in [2.45, 2.75) is 32.7 Å². The lowest BCUT2D eigenvalue weighted by molar-refractivity contribution is -0.132. The van der Waals surface area contributed by atoms with Crippen LogP contribution in [-0.4, -0.2) is 51.1 Å². The van der Waals surface area contributed by atoms with E-state index >= 15 is 0 Å². The van der Waals surface area contributed by atoms with E-state index in [2.05, 4.69) is 0 Å². The first-order chi connectivity index (χ1) is 13.6. The number of carbonyl (C=O) groups excluding carboxylic acids is 3. The first-order valence-corrected chi connectivity index (χ1v) is 10.5. The number of hydrogen-bond acceptors (Lipinski definition) is 4. The zero-order valence-corrected chi connectivity index (χ0v) is 16.7. The van der Waals surface area contributed by atoms with Gasteiger partial charge in [-0.05, 0) is 50.1 Å². The van der Waals surface area contributed by atoms with Crippen molar-refractivity contribution >= 4 is 45.8 Å². The molecule has 0 unspecified atom stereocenters. The molecule has 4 rings (SSSR count). The maximum atomic E-state index is 12.7. The van der Waals surface area contributed by atoms with E-state index in [9.17, 15) is 14.4 Å². The molecule has 2 saturated heterocycles. The Morgan fingerprint density at radius 1 is 1.14 bits per heavy atom. The number of thioether (sulfide) groups is 1. The first kappa shape index (κ1) is 18.8. The fourth-order valence-corrected chi connectivity index (χ4v) is 4.72. The zero-order valence-electron chi connectivity index (χ0n) is 15.9. The summed E-state index contributed by atoms with van der Waals surface area (Å²) in [5.74, 6) is -0.128. The van der Waals surface area contributed by atoms with Crippen LogP contribution in [0.15, 0.2) is 35.4 Å². The van der Waals surface area contributed by atoms with Gasteiger partial charge in [0.05, 0.1) is 4.91 Å². The lowest BCUT2D eigenvalue weighted by atomic mass is 10.1. The molecule has 0 atom stereocenters. The highest BCUT2D eigenvalue weighted by Crippen LogP contribution is 2.34. The molecule has 1 aromatic carbocycles. The topological polar surface area (TPSA) is 62.6 Å². The van der Waals surface area contributed by atoms with Crippen molar-refractivity contribution in [2.24, 2.45) is 0 Å². The van der Waals surface area contributed by atoms with E-state index in [0.717, 1.165) is 54.2 Å². The number of benzene rings is 1. The molecule has 0 spiro atoms. The van der Waals surface area contributed by atoms with Crippen LogP contribution in [0.25, 0.3) is 17.0 Å². The normalized spacial score (nSPS) is 19.2. The predicted octanol–water partition coefficient (Wildman–Crippen LogP) is 3.71. The summed E-state index contributed by atoms with van der Waals surface area (Å²) < 4.78 is 1.95. The number of amides is 3. The van der Waals surface area contributed by atoms with Gasteiger partial charge in [-0.1, -0.05) is 18.2 Å². The van der Waals surface area contributed by atoms with Crippen molar-refractivity contribution < 1.29 is 14.4 Å². The van der Waals surface area contributed by atoms with E-state index in [4.69, 9.17) is 0 Å². The number of carbonyl (C=O) groups is 3. The summed E-state index contributed by atoms with van der Waals surface area (Å²) >= 11 is 0.970. The molecule has 2 fully saturated rings. The molecule has 28 heavy (non-hydrogen) atoms. The van der Waals surface area contributed by atoms with Crippen LogP contribution in [0.1, 0.15) is 31.7 Å². The van der Waals surface area contributed by atoms with Crippen molar-refractivity contribution in [3.8, 4) is 0 Å². The van der Waals surface area contributed by atoms with Crippen LogP contribution in [0, 0.1) is 0 Å². The molecular weight excluding hydrogens is 374 g/mol. The third kappa shape index (κ3) is 3.46. The Morgan fingerprint density at radius 2 is 1.89 bits per heavy atom. The highest BCUT2D eigenvalue weighted by Gasteiger charge is 2.33. The van der Waals surface area contributed by atoms with E-state index in [0.29, 0.717) is 11.4 Å². The monoisotopic (exact) mass is 397 g/mol. The number of fused-ring (bicyclic) bond motifs is 1. The summed E-state index contributed by atoms with van der Waals surface area (Å²) in [7, 11) is 0. The average Bonchev–Trinajstić information content (AvgIpc) is 3.19. The summed E-state index contributed by atoms with van der Waals surface area (Å²) in [6.45, 7) is 4.10. The molecule has 0 saturated carbocycles. The Labute approximate surface area is 168 Å². The van der Waals surface area contributed by atoms with Crippen molar-refractivity contribution in [3.63, 3.8) is 0 Å². The van der Waals surface area contributed by atoms with Gasteiger partial charge in [-0.25, -0.2) is 0 Å². The molecule has 7 heteroatoms. The second-order valence-corrected chi connectivity index (χ2v) is 8.09. The third-order valence-electron chi connectivity index (χ3n) is 5.31. The molecule has 0 aliphatic carbocycles. The lowest BCUT2D eigenvalue weighted by Gasteiger charge is -2.27. The van der Waals surface area contributed by atoms with Gasteiger partial charge in [0.15, 0.2) is 0 Å². The molecule has 0 bridgehead atoms. The van der Waals surface area contributed by atoms with Crippen molar-refractivity contribution in [1.29, 1.82) is 0 Å². The highest BCUT2D eigenvalue weighted by atomic mass is 32.2. The molecule has 3 amide bonds. The number of para-hydroxylation sites is 1. The Morgan fingerprint density at radius 3 is 2.61 bits per heavy atom. The summed E-state index contributed by atoms with van der Waals surface area (Å²) in [6, 6.07) is 7.84. The standard InChI is InChI=1S/C21H23N3O3S/c1-2-24-20(26)18(28-21(24)27)12-15-13-23(17-9-5-4-8-16(15)17)14-19(25)22-10-6-3-7-11-22/h4-5,8-9,12-13H,2-3,6-7,10-11,14H2,1H3/b18-12-. The Hall–Kier alpha value is -2.54. The van der Waals surface area contributed by atoms with Crippen molar-refractivity contribution in [1.82, 2.24) is 14.4 Å². The summed E-state index contributed by atoms with van der Waals surface area (Å²) in [4.78, 5) is 40.7. The molecule has 0 N–H and O–H groups in total. The van der Waals surface area contributed by atoms with Crippen LogP contribution < -0.4 is 0 Å². The van der Waals surface area contributed by atoms with Gasteiger partial charge in [0.25, 0.3) is 11.1 Å². The van der Waals surface area contributed by atoms with E-state index in [1.54, 1.807) is 13.0 Å². The van der Waals surface area contributed by atoms with E-state index in [-0.39, 0.29) is 23.6 Å². The van der Waals surface area contributed by atoms with E-state index in [1.807, 2.05) is 39.9 Å². The van der Waals surface area contributed by atoms with Gasteiger partial charge in [-0.15, -0.1) is 0 Å². The van der Waals surface area contributed by atoms with Gasteiger partial charge in [-0.2, -0.15) is 0 Å². The summed E-state index contributed by atoms with van der Waals surface area (Å²) in [5, 5.41) is 0.736. The van der Waals surface area contributed by atoms with Gasteiger partial charge in [0, 0.05) is 42.3 Å². The van der Waals surface area contributed by atoms with Crippen LogP contribution in [0.2, 0.25) is 0 Å². The minimum atomic E-state index is -0.251. The number of imide groups is 1. The number of aromatic nitrogens is 1. The van der Waals surface area contributed by atoms with Crippen LogP contribution in [0.5, 0.6) is 0 Å². The number of hydrogen-bond donors (Lipinski definition) is 0. The molecular formula is C21H23N3O3S. The van der Waals surface area contributed by atoms with Crippen LogP contribution in [-0.2, 0) is 16.1 Å². The Kier molecular flexibility index (Phi) is 5.26. The predicted molar refractivity (Wildman–Crippen MR) is 111 cm³/mol. The van der Waals surface area contributed by atoms with Crippen LogP contribution >= 0.6 is 11.8 Å². The average molecular weight is 398 g/mol. The molecule has 146 valence electrons. The van der Waals surface area contributed by atoms with Gasteiger partial charge >= 0.3 is 0 Å². The number of likely N-dealkylation sites (N-methyl/N-ethyl adjacent to an activating group) is 1. The zero-order chi connectivity index (χ0) is 19.7. The first-order valence-electron chi connectivity index (χ1n) is 9.69. The van der Waals surface area contributed by atoms with Crippen LogP contribution in [0.3, 0.4) is 0 Å². The van der Waals surface area contributed by atoms with Gasteiger partial charge < -0.3 is 9.47 Å². The minimum Gasteiger partial charge on any atom is -0.341 e. The highest BCUT2D eigenvalue weighted by molar-refractivity contribution is 8.18. The number of nitrogens with zero attached hydrogens (tertiary/aromatic N) is 3. The van der Waals surface area contributed by atoms with Gasteiger partial charge in [0.1, 0.15) is 6.54 Å². The van der Waals surface area contributed by atoms with E-state index < -0.39 is 0 Å². The summed E-state index contributed by atoms with van der Waals surface area (Å²) in [6.07, 6.45) is 7.00. The minimum absolute atomic E-state index is 0.123. The SMILES string of the molecule is CCN1C(=O)S/C(=C\c2cn(CC(=O)N3CCCCC3)c3ccccc23)C1=O.